The summed E-state index contributed by atoms with van der Waals surface area (Å²) in [7, 11) is 4.39. The molecular formula is C18H19ClN2O6. The molecule has 0 radical (unpaired) electrons. The Hall–Kier alpha value is -3.13. The van der Waals surface area contributed by atoms with Gasteiger partial charge in [0.05, 0.1) is 26.9 Å². The topological polar surface area (TPSA) is 109 Å². The molecule has 0 bridgehead atoms. The molecule has 1 amide bonds. The van der Waals surface area contributed by atoms with Gasteiger partial charge in [0.1, 0.15) is 0 Å². The number of hydrogen-bond donors (Lipinski definition) is 2. The second-order valence-electron chi connectivity index (χ2n) is 5.27. The second kappa shape index (κ2) is 9.00. The smallest absolute Gasteiger partial charge is 0.340 e. The molecule has 3 N–H and O–H groups in total. The Labute approximate surface area is 161 Å². The molecule has 0 aliphatic heterocycles. The number of rotatable bonds is 7. The van der Waals surface area contributed by atoms with Gasteiger partial charge in [-0.05, 0) is 18.2 Å². The molecule has 0 aliphatic carbocycles. The second-order valence-corrected chi connectivity index (χ2v) is 5.71. The number of amides is 1. The van der Waals surface area contributed by atoms with Crippen molar-refractivity contribution in [3.05, 3.63) is 40.9 Å². The Kier molecular flexibility index (Phi) is 6.73. The number of methoxy groups -OCH3 is 3. The van der Waals surface area contributed by atoms with Gasteiger partial charge in [-0.3, -0.25) is 4.79 Å². The van der Waals surface area contributed by atoms with Crippen molar-refractivity contribution in [3.63, 3.8) is 0 Å². The van der Waals surface area contributed by atoms with Crippen LogP contribution >= 0.6 is 11.6 Å². The number of nitrogen functional groups attached to an aromatic ring is 1. The number of carbonyl (C=O) groups excluding carboxylic acids is 2. The van der Waals surface area contributed by atoms with Crippen molar-refractivity contribution < 1.29 is 28.5 Å². The highest BCUT2D eigenvalue weighted by Crippen LogP contribution is 2.39. The van der Waals surface area contributed by atoms with Crippen molar-refractivity contribution in [3.8, 4) is 17.2 Å². The first-order valence-corrected chi connectivity index (χ1v) is 8.09. The lowest BCUT2D eigenvalue weighted by Crippen LogP contribution is -2.21. The highest BCUT2D eigenvalue weighted by atomic mass is 35.5. The van der Waals surface area contributed by atoms with Gasteiger partial charge in [0.2, 0.25) is 5.75 Å². The van der Waals surface area contributed by atoms with E-state index in [0.29, 0.717) is 28.0 Å². The maximum atomic E-state index is 12.1. The van der Waals surface area contributed by atoms with Crippen LogP contribution in [0.1, 0.15) is 10.4 Å². The third-order valence-corrected chi connectivity index (χ3v) is 3.75. The molecule has 27 heavy (non-hydrogen) atoms. The van der Waals surface area contributed by atoms with Crippen LogP contribution in [0.5, 0.6) is 17.2 Å². The molecule has 2 rings (SSSR count). The summed E-state index contributed by atoms with van der Waals surface area (Å²) in [5, 5.41) is 2.98. The van der Waals surface area contributed by atoms with Crippen molar-refractivity contribution >= 4 is 34.9 Å². The van der Waals surface area contributed by atoms with E-state index in [1.807, 2.05) is 0 Å². The van der Waals surface area contributed by atoms with Gasteiger partial charge < -0.3 is 30.0 Å². The maximum absolute atomic E-state index is 12.1. The van der Waals surface area contributed by atoms with Crippen molar-refractivity contribution in [2.75, 3.05) is 39.0 Å². The summed E-state index contributed by atoms with van der Waals surface area (Å²) < 4.78 is 20.6. The summed E-state index contributed by atoms with van der Waals surface area (Å²) in [6, 6.07) is 7.46. The van der Waals surface area contributed by atoms with Crippen molar-refractivity contribution in [1.82, 2.24) is 0 Å². The number of esters is 1. The largest absolute Gasteiger partial charge is 0.493 e. The fraction of sp³-hybridized carbons (Fsp3) is 0.222. The molecule has 2 aromatic rings. The molecule has 0 saturated heterocycles. The van der Waals surface area contributed by atoms with Crippen LogP contribution in [0.2, 0.25) is 5.02 Å². The van der Waals surface area contributed by atoms with Gasteiger partial charge in [-0.15, -0.1) is 0 Å². The van der Waals surface area contributed by atoms with Crippen LogP contribution < -0.4 is 25.3 Å². The van der Waals surface area contributed by atoms with Crippen molar-refractivity contribution in [2.45, 2.75) is 0 Å². The normalized spacial score (nSPS) is 10.1. The maximum Gasteiger partial charge on any atom is 0.340 e. The van der Waals surface area contributed by atoms with Crippen LogP contribution in [-0.4, -0.2) is 39.8 Å². The molecule has 9 heteroatoms. The number of benzene rings is 2. The van der Waals surface area contributed by atoms with E-state index in [1.54, 1.807) is 12.1 Å². The van der Waals surface area contributed by atoms with E-state index in [1.165, 1.54) is 39.5 Å². The van der Waals surface area contributed by atoms with Crippen LogP contribution in [0.15, 0.2) is 30.3 Å². The summed E-state index contributed by atoms with van der Waals surface area (Å²) >= 11 is 5.78. The fourth-order valence-corrected chi connectivity index (χ4v) is 2.46. The lowest BCUT2D eigenvalue weighted by Gasteiger charge is -2.14. The van der Waals surface area contributed by atoms with Gasteiger partial charge in [-0.2, -0.15) is 0 Å². The first-order valence-electron chi connectivity index (χ1n) is 7.71. The van der Waals surface area contributed by atoms with Gasteiger partial charge >= 0.3 is 5.97 Å². The van der Waals surface area contributed by atoms with E-state index in [2.05, 4.69) is 5.32 Å². The summed E-state index contributed by atoms with van der Waals surface area (Å²) in [6.45, 7) is -0.502. The van der Waals surface area contributed by atoms with E-state index in [-0.39, 0.29) is 11.3 Å². The summed E-state index contributed by atoms with van der Waals surface area (Å²) in [5.74, 6) is -0.145. The quantitative estimate of drug-likeness (QED) is 0.548. The van der Waals surface area contributed by atoms with Crippen LogP contribution in [0.3, 0.4) is 0 Å². The van der Waals surface area contributed by atoms with E-state index in [0.717, 1.165) is 0 Å². The zero-order valence-electron chi connectivity index (χ0n) is 15.0. The average Bonchev–Trinajstić information content (AvgIpc) is 2.65. The van der Waals surface area contributed by atoms with E-state index < -0.39 is 18.5 Å². The number of nitrogens with two attached hydrogens (primary N) is 1. The fourth-order valence-electron chi connectivity index (χ4n) is 2.28. The van der Waals surface area contributed by atoms with Crippen LogP contribution in [-0.2, 0) is 9.53 Å². The molecule has 0 spiro atoms. The van der Waals surface area contributed by atoms with E-state index in [9.17, 15) is 9.59 Å². The average molecular weight is 395 g/mol. The highest BCUT2D eigenvalue weighted by Gasteiger charge is 2.16. The molecule has 0 heterocycles. The van der Waals surface area contributed by atoms with Gasteiger partial charge in [0.25, 0.3) is 5.91 Å². The summed E-state index contributed by atoms with van der Waals surface area (Å²) in [4.78, 5) is 24.1. The standard InChI is InChI=1S/C18H19ClN2O6/c1-24-14-7-11(8-15(25-2)17(14)26-3)21-16(22)9-27-18(23)12-5-4-10(19)6-13(12)20/h4-8H,9,20H2,1-3H3,(H,21,22). The summed E-state index contributed by atoms with van der Waals surface area (Å²) in [6.07, 6.45) is 0. The number of hydrogen-bond acceptors (Lipinski definition) is 7. The predicted octanol–water partition coefficient (Wildman–Crippen LogP) is 2.74. The van der Waals surface area contributed by atoms with Crippen LogP contribution in [0.25, 0.3) is 0 Å². The lowest BCUT2D eigenvalue weighted by atomic mass is 10.2. The van der Waals surface area contributed by atoms with E-state index in [4.69, 9.17) is 36.3 Å². The third-order valence-electron chi connectivity index (χ3n) is 3.52. The first-order chi connectivity index (χ1) is 12.9. The van der Waals surface area contributed by atoms with Crippen LogP contribution in [0.4, 0.5) is 11.4 Å². The Balaban J connectivity index is 2.04. The molecule has 0 saturated carbocycles. The Morgan fingerprint density at radius 1 is 1.04 bits per heavy atom. The zero-order chi connectivity index (χ0) is 20.0. The van der Waals surface area contributed by atoms with Gasteiger partial charge in [0.15, 0.2) is 18.1 Å². The van der Waals surface area contributed by atoms with Gasteiger partial charge in [0, 0.05) is 28.5 Å². The molecule has 0 aliphatic rings. The molecule has 0 unspecified atom stereocenters. The highest BCUT2D eigenvalue weighted by molar-refractivity contribution is 6.31. The Bertz CT molecular complexity index is 831. The van der Waals surface area contributed by atoms with Crippen LogP contribution in [0, 0.1) is 0 Å². The molecule has 0 fully saturated rings. The minimum atomic E-state index is -0.732. The number of ether oxygens (including phenoxy) is 4. The molecule has 144 valence electrons. The number of halogens is 1. The SMILES string of the molecule is COc1cc(NC(=O)COC(=O)c2ccc(Cl)cc2N)cc(OC)c1OC. The molecule has 0 aromatic heterocycles. The number of nitrogens with one attached hydrogen (secondary N) is 1. The number of anilines is 2. The van der Waals surface area contributed by atoms with Gasteiger partial charge in [-0.1, -0.05) is 11.6 Å². The molecule has 0 atom stereocenters. The number of carbonyl (C=O) groups is 2. The van der Waals surface area contributed by atoms with Crippen molar-refractivity contribution in [2.24, 2.45) is 0 Å². The molecule has 8 nitrogen and oxygen atoms in total. The zero-order valence-corrected chi connectivity index (χ0v) is 15.8. The molecular weight excluding hydrogens is 376 g/mol. The lowest BCUT2D eigenvalue weighted by molar-refractivity contribution is -0.119. The van der Waals surface area contributed by atoms with Gasteiger partial charge in [-0.25, -0.2) is 4.79 Å². The molecule has 2 aromatic carbocycles. The minimum Gasteiger partial charge on any atom is -0.493 e. The monoisotopic (exact) mass is 394 g/mol. The third kappa shape index (κ3) is 4.95. The van der Waals surface area contributed by atoms with E-state index >= 15 is 0 Å². The van der Waals surface area contributed by atoms with Crippen molar-refractivity contribution in [1.29, 1.82) is 0 Å². The Morgan fingerprint density at radius 3 is 2.19 bits per heavy atom. The Morgan fingerprint density at radius 2 is 1.67 bits per heavy atom. The predicted molar refractivity (Wildman–Crippen MR) is 101 cm³/mol. The first kappa shape index (κ1) is 20.2. The minimum absolute atomic E-state index is 0.125. The summed E-state index contributed by atoms with van der Waals surface area (Å²) in [5.41, 5.74) is 6.39.